The van der Waals surface area contributed by atoms with E-state index in [0.29, 0.717) is 11.8 Å². The summed E-state index contributed by atoms with van der Waals surface area (Å²) >= 11 is 0. The molecule has 0 aliphatic carbocycles. The van der Waals surface area contributed by atoms with Crippen LogP contribution in [0.4, 0.5) is 11.4 Å². The second-order valence-electron chi connectivity index (χ2n) is 5.40. The highest BCUT2D eigenvalue weighted by atomic mass is 16.6. The summed E-state index contributed by atoms with van der Waals surface area (Å²) in [5.74, 6) is 0.295. The molecule has 1 fully saturated rings. The van der Waals surface area contributed by atoms with Crippen LogP contribution < -0.4 is 10.1 Å². The van der Waals surface area contributed by atoms with Gasteiger partial charge in [0, 0.05) is 30.9 Å². The third-order valence-corrected chi connectivity index (χ3v) is 3.87. The zero-order chi connectivity index (χ0) is 15.2. The molecule has 1 heterocycles. The summed E-state index contributed by atoms with van der Waals surface area (Å²) in [6.07, 6.45) is 3.32. The average Bonchev–Trinajstić information content (AvgIpc) is 2.49. The summed E-state index contributed by atoms with van der Waals surface area (Å²) in [6, 6.07) is 5.42. The molecule has 1 aromatic rings. The first-order valence-corrected chi connectivity index (χ1v) is 7.45. The van der Waals surface area contributed by atoms with Gasteiger partial charge in [-0.05, 0) is 37.9 Å². The molecule has 6 heteroatoms. The monoisotopic (exact) mass is 293 g/mol. The van der Waals surface area contributed by atoms with Crippen molar-refractivity contribution < 1.29 is 9.66 Å². The molecule has 0 spiro atoms. The third-order valence-electron chi connectivity index (χ3n) is 3.87. The molecule has 0 aromatic heterocycles. The second kappa shape index (κ2) is 7.26. The quantitative estimate of drug-likeness (QED) is 0.645. The van der Waals surface area contributed by atoms with Crippen molar-refractivity contribution in [2.45, 2.75) is 32.2 Å². The van der Waals surface area contributed by atoms with Gasteiger partial charge in [0.2, 0.25) is 0 Å². The van der Waals surface area contributed by atoms with Gasteiger partial charge in [0.15, 0.2) is 5.75 Å². The Morgan fingerprint density at radius 1 is 1.43 bits per heavy atom. The maximum absolute atomic E-state index is 11.0. The van der Waals surface area contributed by atoms with Crippen LogP contribution in [0.2, 0.25) is 0 Å². The molecule has 0 radical (unpaired) electrons. The number of nitrogens with zero attached hydrogens (tertiary/aromatic N) is 2. The molecule has 1 saturated heterocycles. The fraction of sp³-hybridized carbons (Fsp3) is 0.600. The zero-order valence-corrected chi connectivity index (χ0v) is 12.7. The van der Waals surface area contributed by atoms with Gasteiger partial charge >= 0.3 is 5.69 Å². The van der Waals surface area contributed by atoms with Crippen molar-refractivity contribution in [3.8, 4) is 5.75 Å². The molecule has 0 unspecified atom stereocenters. The summed E-state index contributed by atoms with van der Waals surface area (Å²) in [7, 11) is 1.44. The summed E-state index contributed by atoms with van der Waals surface area (Å²) in [5, 5.41) is 14.4. The molecule has 0 saturated carbocycles. The number of hydrogen-bond acceptors (Lipinski definition) is 5. The largest absolute Gasteiger partial charge is 0.490 e. The molecule has 2 rings (SSSR count). The number of benzene rings is 1. The second-order valence-corrected chi connectivity index (χ2v) is 5.40. The van der Waals surface area contributed by atoms with E-state index in [2.05, 4.69) is 17.1 Å². The molecule has 0 amide bonds. The van der Waals surface area contributed by atoms with E-state index in [1.54, 1.807) is 12.1 Å². The molecule has 1 N–H and O–H groups in total. The first-order chi connectivity index (χ1) is 10.1. The molecule has 0 atom stereocenters. The van der Waals surface area contributed by atoms with Crippen molar-refractivity contribution in [3.63, 3.8) is 0 Å². The van der Waals surface area contributed by atoms with Gasteiger partial charge in [-0.2, -0.15) is 0 Å². The van der Waals surface area contributed by atoms with Crippen LogP contribution in [0.5, 0.6) is 5.75 Å². The standard InChI is InChI=1S/C15H23N3O3/c1-3-8-17-9-6-12(7-10-17)16-13-4-5-15(21-2)14(11-13)18(19)20/h4-5,11-12,16H,3,6-10H2,1-2H3. The minimum Gasteiger partial charge on any atom is -0.490 e. The number of ether oxygens (including phenoxy) is 1. The van der Waals surface area contributed by atoms with Gasteiger partial charge in [0.1, 0.15) is 0 Å². The van der Waals surface area contributed by atoms with Crippen molar-refractivity contribution in [3.05, 3.63) is 28.3 Å². The lowest BCUT2D eigenvalue weighted by Crippen LogP contribution is -2.39. The lowest BCUT2D eigenvalue weighted by atomic mass is 10.0. The number of anilines is 1. The Hall–Kier alpha value is -1.82. The van der Waals surface area contributed by atoms with Gasteiger partial charge in [0.05, 0.1) is 12.0 Å². The number of methoxy groups -OCH3 is 1. The molecule has 1 aliphatic heterocycles. The molecular formula is C15H23N3O3. The van der Waals surface area contributed by atoms with Crippen LogP contribution in [0.1, 0.15) is 26.2 Å². The normalized spacial score (nSPS) is 16.7. The van der Waals surface area contributed by atoms with E-state index in [1.807, 2.05) is 6.07 Å². The van der Waals surface area contributed by atoms with Gasteiger partial charge in [-0.3, -0.25) is 10.1 Å². The predicted molar refractivity (Wildman–Crippen MR) is 83.0 cm³/mol. The topological polar surface area (TPSA) is 67.6 Å². The Morgan fingerprint density at radius 2 is 2.14 bits per heavy atom. The number of likely N-dealkylation sites (tertiary alicyclic amines) is 1. The van der Waals surface area contributed by atoms with E-state index >= 15 is 0 Å². The van der Waals surface area contributed by atoms with Gasteiger partial charge in [0.25, 0.3) is 0 Å². The molecule has 21 heavy (non-hydrogen) atoms. The van der Waals surface area contributed by atoms with E-state index in [0.717, 1.165) is 38.2 Å². The maximum Gasteiger partial charge on any atom is 0.312 e. The Kier molecular flexibility index (Phi) is 5.38. The Balaban J connectivity index is 1.97. The highest BCUT2D eigenvalue weighted by molar-refractivity contribution is 5.58. The van der Waals surface area contributed by atoms with Crippen LogP contribution >= 0.6 is 0 Å². The molecular weight excluding hydrogens is 270 g/mol. The number of piperidine rings is 1. The summed E-state index contributed by atoms with van der Waals surface area (Å²) in [4.78, 5) is 13.1. The van der Waals surface area contributed by atoms with Gasteiger partial charge in [-0.1, -0.05) is 6.92 Å². The van der Waals surface area contributed by atoms with E-state index in [1.165, 1.54) is 13.5 Å². The highest BCUT2D eigenvalue weighted by Crippen LogP contribution is 2.30. The SMILES string of the molecule is CCCN1CCC(Nc2ccc(OC)c([N+](=O)[O-])c2)CC1. The third kappa shape index (κ3) is 4.07. The Bertz CT molecular complexity index is 485. The smallest absolute Gasteiger partial charge is 0.312 e. The first kappa shape index (κ1) is 15.6. The van der Waals surface area contributed by atoms with Gasteiger partial charge in [-0.15, -0.1) is 0 Å². The zero-order valence-electron chi connectivity index (χ0n) is 12.7. The Morgan fingerprint density at radius 3 is 2.71 bits per heavy atom. The number of hydrogen-bond donors (Lipinski definition) is 1. The van der Waals surface area contributed by atoms with Crippen LogP contribution in [0.3, 0.4) is 0 Å². The van der Waals surface area contributed by atoms with Crippen LogP contribution in [0, 0.1) is 10.1 Å². The number of nitro groups is 1. The molecule has 1 aromatic carbocycles. The summed E-state index contributed by atoms with van der Waals surface area (Å²) in [6.45, 7) is 5.52. The fourth-order valence-corrected chi connectivity index (χ4v) is 2.78. The van der Waals surface area contributed by atoms with Crippen LogP contribution in [0.25, 0.3) is 0 Å². The number of rotatable bonds is 6. The fourth-order valence-electron chi connectivity index (χ4n) is 2.78. The Labute approximate surface area is 125 Å². The molecule has 116 valence electrons. The predicted octanol–water partition coefficient (Wildman–Crippen LogP) is 2.89. The van der Waals surface area contributed by atoms with Crippen LogP contribution in [-0.4, -0.2) is 42.6 Å². The van der Waals surface area contributed by atoms with Crippen LogP contribution in [0.15, 0.2) is 18.2 Å². The minimum absolute atomic E-state index is 0.00548. The average molecular weight is 293 g/mol. The lowest BCUT2D eigenvalue weighted by molar-refractivity contribution is -0.385. The lowest BCUT2D eigenvalue weighted by Gasteiger charge is -2.32. The van der Waals surface area contributed by atoms with Crippen molar-refractivity contribution in [2.75, 3.05) is 32.1 Å². The summed E-state index contributed by atoms with van der Waals surface area (Å²) < 4.78 is 5.02. The van der Waals surface area contributed by atoms with Gasteiger partial charge < -0.3 is 15.0 Å². The molecule has 1 aliphatic rings. The van der Waals surface area contributed by atoms with Crippen molar-refractivity contribution >= 4 is 11.4 Å². The number of nitro benzene ring substituents is 1. The highest BCUT2D eigenvalue weighted by Gasteiger charge is 2.20. The van der Waals surface area contributed by atoms with Crippen LogP contribution in [-0.2, 0) is 0 Å². The first-order valence-electron chi connectivity index (χ1n) is 7.45. The molecule has 6 nitrogen and oxygen atoms in total. The van der Waals surface area contributed by atoms with E-state index < -0.39 is 4.92 Å². The van der Waals surface area contributed by atoms with Crippen molar-refractivity contribution in [2.24, 2.45) is 0 Å². The summed E-state index contributed by atoms with van der Waals surface area (Å²) in [5.41, 5.74) is 0.794. The minimum atomic E-state index is -0.409. The van der Waals surface area contributed by atoms with E-state index in [9.17, 15) is 10.1 Å². The molecule has 0 bridgehead atoms. The van der Waals surface area contributed by atoms with Gasteiger partial charge in [-0.25, -0.2) is 0 Å². The van der Waals surface area contributed by atoms with E-state index in [-0.39, 0.29) is 5.69 Å². The van der Waals surface area contributed by atoms with Crippen molar-refractivity contribution in [1.82, 2.24) is 4.90 Å². The number of nitrogens with one attached hydrogen (secondary N) is 1. The maximum atomic E-state index is 11.0. The van der Waals surface area contributed by atoms with Crippen molar-refractivity contribution in [1.29, 1.82) is 0 Å². The van der Waals surface area contributed by atoms with E-state index in [4.69, 9.17) is 4.74 Å².